The van der Waals surface area contributed by atoms with E-state index < -0.39 is 36.0 Å². The molecule has 5 N–H and O–H groups in total. The van der Waals surface area contributed by atoms with Crippen molar-refractivity contribution >= 4 is 46.6 Å². The second-order valence-corrected chi connectivity index (χ2v) is 14.3. The molecule has 2 heterocycles. The van der Waals surface area contributed by atoms with E-state index in [0.29, 0.717) is 25.7 Å². The molecule has 0 aliphatic carbocycles. The Kier molecular flexibility index (Phi) is 14.7. The molecule has 0 bridgehead atoms. The first-order chi connectivity index (χ1) is 24.0. The highest BCUT2D eigenvalue weighted by Crippen LogP contribution is 2.20. The lowest BCUT2D eigenvalue weighted by Gasteiger charge is -2.26. The molecule has 12 nitrogen and oxygen atoms in total. The highest BCUT2D eigenvalue weighted by Gasteiger charge is 2.27. The Morgan fingerprint density at radius 2 is 1.50 bits per heavy atom. The summed E-state index contributed by atoms with van der Waals surface area (Å²) in [6, 6.07) is 17.1. The van der Waals surface area contributed by atoms with E-state index in [9.17, 15) is 19.2 Å². The van der Waals surface area contributed by atoms with Gasteiger partial charge in [-0.05, 0) is 36.8 Å². The molecule has 0 aliphatic rings. The van der Waals surface area contributed by atoms with Gasteiger partial charge in [-0.3, -0.25) is 14.6 Å². The minimum Gasteiger partial charge on any atom is -0.444 e. The summed E-state index contributed by atoms with van der Waals surface area (Å²) >= 11 is 2.93. The van der Waals surface area contributed by atoms with Gasteiger partial charge in [-0.2, -0.15) is 0 Å². The zero-order chi connectivity index (χ0) is 35.9. The number of carbonyl (C=O) groups excluding carboxylic acids is 4. The molecule has 0 radical (unpaired) electrons. The van der Waals surface area contributed by atoms with E-state index >= 15 is 0 Å². The third kappa shape index (κ3) is 12.9. The van der Waals surface area contributed by atoms with E-state index in [1.807, 2.05) is 66.0 Å². The number of benzene rings is 2. The summed E-state index contributed by atoms with van der Waals surface area (Å²) in [5.41, 5.74) is 9.97. The Morgan fingerprint density at radius 1 is 0.880 bits per heavy atom. The normalized spacial score (nSPS) is 12.8. The van der Waals surface area contributed by atoms with Crippen molar-refractivity contribution in [1.82, 2.24) is 30.8 Å². The van der Waals surface area contributed by atoms with Crippen LogP contribution in [0.3, 0.4) is 0 Å². The molecule has 3 atom stereocenters. The first-order valence-corrected chi connectivity index (χ1v) is 18.2. The minimum absolute atomic E-state index is 0.117. The Balaban J connectivity index is 1.44. The minimum atomic E-state index is -1.19. The number of hydrogen-bond donors (Lipinski definition) is 4. The lowest BCUT2D eigenvalue weighted by molar-refractivity contribution is -0.127. The molecule has 0 aliphatic heterocycles. The third-order valence-electron chi connectivity index (χ3n) is 7.84. The molecule has 50 heavy (non-hydrogen) atoms. The van der Waals surface area contributed by atoms with Crippen LogP contribution in [0.1, 0.15) is 65.7 Å². The molecule has 0 saturated heterocycles. The molecule has 266 valence electrons. The van der Waals surface area contributed by atoms with Crippen LogP contribution in [-0.4, -0.2) is 64.0 Å². The average Bonchev–Trinajstić information content (AvgIpc) is 3.79. The number of nitrogens with one attached hydrogen (secondary N) is 3. The second kappa shape index (κ2) is 19.4. The second-order valence-electron chi connectivity index (χ2n) is 12.4. The number of nitrogens with two attached hydrogens (primary N) is 1. The first-order valence-electron chi connectivity index (χ1n) is 16.5. The van der Waals surface area contributed by atoms with E-state index in [0.717, 1.165) is 26.7 Å². The Labute approximate surface area is 300 Å². The monoisotopic (exact) mass is 719 g/mol. The van der Waals surface area contributed by atoms with Crippen molar-refractivity contribution in [3.8, 4) is 0 Å². The van der Waals surface area contributed by atoms with Crippen molar-refractivity contribution in [3.63, 3.8) is 0 Å². The Morgan fingerprint density at radius 3 is 2.04 bits per heavy atom. The number of ether oxygens (including phenoxy) is 1. The molecular formula is C36H45N7O5S2. The molecule has 4 aromatic rings. The van der Waals surface area contributed by atoms with Gasteiger partial charge in [-0.15, -0.1) is 22.7 Å². The van der Waals surface area contributed by atoms with Crippen molar-refractivity contribution in [2.45, 2.75) is 83.1 Å². The number of amides is 5. The zero-order valence-electron chi connectivity index (χ0n) is 28.5. The molecule has 0 fully saturated rings. The number of hydrogen-bond acceptors (Lipinski definition) is 9. The van der Waals surface area contributed by atoms with Crippen molar-refractivity contribution < 1.29 is 23.9 Å². The summed E-state index contributed by atoms with van der Waals surface area (Å²) < 4.78 is 5.45. The molecule has 2 aromatic carbocycles. The van der Waals surface area contributed by atoms with E-state index in [2.05, 4.69) is 39.8 Å². The van der Waals surface area contributed by atoms with Gasteiger partial charge in [0.15, 0.2) is 0 Å². The fraction of sp³-hybridized carbons (Fsp3) is 0.389. The van der Waals surface area contributed by atoms with Gasteiger partial charge in [0.2, 0.25) is 11.8 Å². The zero-order valence-corrected chi connectivity index (χ0v) is 30.2. The molecule has 5 amide bonds. The maximum atomic E-state index is 13.7. The van der Waals surface area contributed by atoms with Crippen molar-refractivity contribution in [2.24, 2.45) is 5.73 Å². The first kappa shape index (κ1) is 38.0. The van der Waals surface area contributed by atoms with Gasteiger partial charge in [0, 0.05) is 36.6 Å². The maximum absolute atomic E-state index is 13.7. The summed E-state index contributed by atoms with van der Waals surface area (Å²) in [4.78, 5) is 62.6. The number of urea groups is 1. The molecular weight excluding hydrogens is 675 g/mol. The largest absolute Gasteiger partial charge is 0.444 e. The summed E-state index contributed by atoms with van der Waals surface area (Å²) in [7, 11) is 1.60. The molecule has 14 heteroatoms. The van der Waals surface area contributed by atoms with Gasteiger partial charge in [0.05, 0.1) is 34.1 Å². The SMILES string of the molecule is CC(C)c1nc(CN(C)C(=O)NC(CC(N)=O)C(=O)N[C@@H](CC[C@@H](Cc2ccccc2)NC(=O)OCc2cncs2)Cc2ccccc2)cs1. The number of carbonyl (C=O) groups is 4. The summed E-state index contributed by atoms with van der Waals surface area (Å²) in [6.45, 7) is 4.46. The van der Waals surface area contributed by atoms with Gasteiger partial charge in [0.1, 0.15) is 12.6 Å². The van der Waals surface area contributed by atoms with Crippen LogP contribution in [0.25, 0.3) is 0 Å². The number of rotatable bonds is 18. The van der Waals surface area contributed by atoms with Crippen LogP contribution in [0.15, 0.2) is 77.8 Å². The number of nitrogens with zero attached hydrogens (tertiary/aromatic N) is 3. The van der Waals surface area contributed by atoms with E-state index in [4.69, 9.17) is 10.5 Å². The Hall–Kier alpha value is -4.82. The number of alkyl carbamates (subject to hydrolysis) is 1. The van der Waals surface area contributed by atoms with E-state index in [1.165, 1.54) is 27.6 Å². The third-order valence-corrected chi connectivity index (χ3v) is 9.79. The quantitative estimate of drug-likeness (QED) is 0.110. The predicted molar refractivity (Wildman–Crippen MR) is 194 cm³/mol. The van der Waals surface area contributed by atoms with E-state index in [1.54, 1.807) is 18.8 Å². The van der Waals surface area contributed by atoms with Gasteiger partial charge in [-0.25, -0.2) is 14.6 Å². The van der Waals surface area contributed by atoms with Gasteiger partial charge < -0.3 is 31.3 Å². The van der Waals surface area contributed by atoms with Gasteiger partial charge in [0.25, 0.3) is 0 Å². The number of thiazole rings is 2. The number of aromatic nitrogens is 2. The van der Waals surface area contributed by atoms with Gasteiger partial charge in [-0.1, -0.05) is 74.5 Å². The fourth-order valence-corrected chi connectivity index (χ4v) is 6.59. The fourth-order valence-electron chi connectivity index (χ4n) is 5.26. The predicted octanol–water partition coefficient (Wildman–Crippen LogP) is 5.15. The molecule has 1 unspecified atom stereocenters. The smallest absolute Gasteiger partial charge is 0.407 e. The van der Waals surface area contributed by atoms with Crippen LogP contribution in [0.4, 0.5) is 9.59 Å². The maximum Gasteiger partial charge on any atom is 0.407 e. The number of primary amides is 1. The lowest BCUT2D eigenvalue weighted by atomic mass is 9.95. The van der Waals surface area contributed by atoms with E-state index in [-0.39, 0.29) is 31.5 Å². The van der Waals surface area contributed by atoms with Crippen LogP contribution in [0, 0.1) is 0 Å². The van der Waals surface area contributed by atoms with Crippen LogP contribution in [0.5, 0.6) is 0 Å². The summed E-state index contributed by atoms with van der Waals surface area (Å²) in [6.07, 6.45) is 2.75. The summed E-state index contributed by atoms with van der Waals surface area (Å²) in [5.74, 6) is -0.982. The topological polar surface area (TPSA) is 169 Å². The molecule has 0 saturated carbocycles. The lowest BCUT2D eigenvalue weighted by Crippen LogP contribution is -2.54. The highest BCUT2D eigenvalue weighted by atomic mass is 32.1. The molecule has 4 rings (SSSR count). The van der Waals surface area contributed by atoms with Crippen LogP contribution >= 0.6 is 22.7 Å². The standard InChI is InChI=1S/C36H45N7O5S2/c1-24(2)34-40-29(22-49-34)20-43(3)35(46)42-31(18-32(37)44)33(45)39-27(16-25-10-6-4-7-11-25)14-15-28(17-26-12-8-5-9-13-26)41-36(47)48-21-30-19-38-23-50-30/h4-13,19,22-24,27-28,31H,14-18,20-21H2,1-3H3,(H2,37,44)(H,39,45)(H,41,47)(H,42,46)/t27-,28-,31?/m0/s1. The Bertz CT molecular complexity index is 1650. The molecule has 2 aromatic heterocycles. The van der Waals surface area contributed by atoms with Crippen LogP contribution in [-0.2, 0) is 40.3 Å². The van der Waals surface area contributed by atoms with Crippen molar-refractivity contribution in [2.75, 3.05) is 7.05 Å². The van der Waals surface area contributed by atoms with Crippen LogP contribution in [0.2, 0.25) is 0 Å². The van der Waals surface area contributed by atoms with Crippen LogP contribution < -0.4 is 21.7 Å². The summed E-state index contributed by atoms with van der Waals surface area (Å²) in [5, 5.41) is 11.6. The van der Waals surface area contributed by atoms with Crippen molar-refractivity contribution in [3.05, 3.63) is 104 Å². The average molecular weight is 720 g/mol. The van der Waals surface area contributed by atoms with Gasteiger partial charge >= 0.3 is 12.1 Å². The molecule has 0 spiro atoms. The highest BCUT2D eigenvalue weighted by molar-refractivity contribution is 7.09. The van der Waals surface area contributed by atoms with Crippen molar-refractivity contribution in [1.29, 1.82) is 0 Å².